The topological polar surface area (TPSA) is 68.1 Å². The molecule has 1 heterocycles. The van der Waals surface area contributed by atoms with Crippen molar-refractivity contribution >= 4 is 27.3 Å². The number of halogens is 2. The van der Waals surface area contributed by atoms with E-state index in [1.165, 1.54) is 18.2 Å². The van der Waals surface area contributed by atoms with Crippen LogP contribution < -0.4 is 5.32 Å². The van der Waals surface area contributed by atoms with Gasteiger partial charge in [-0.1, -0.05) is 6.07 Å². The maximum absolute atomic E-state index is 13.6. The predicted molar refractivity (Wildman–Crippen MR) is 72.3 cm³/mol. The van der Waals surface area contributed by atoms with Crippen LogP contribution in [0.15, 0.2) is 41.1 Å². The molecule has 0 amide bonds. The first-order valence-corrected chi connectivity index (χ1v) is 6.13. The summed E-state index contributed by atoms with van der Waals surface area (Å²) in [6.07, 6.45) is 3.22. The number of rotatable bonds is 4. The zero-order valence-electron chi connectivity index (χ0n) is 9.64. The Morgan fingerprint density at radius 1 is 1.42 bits per heavy atom. The lowest BCUT2D eigenvalue weighted by molar-refractivity contribution is -0.384. The van der Waals surface area contributed by atoms with Gasteiger partial charge in [-0.05, 0) is 33.6 Å². The van der Waals surface area contributed by atoms with Crippen molar-refractivity contribution in [2.75, 3.05) is 5.32 Å². The van der Waals surface area contributed by atoms with Gasteiger partial charge in [0, 0.05) is 29.5 Å². The van der Waals surface area contributed by atoms with Crippen LogP contribution in [0.25, 0.3) is 0 Å². The number of aromatic nitrogens is 1. The summed E-state index contributed by atoms with van der Waals surface area (Å²) in [5.74, 6) is -0.655. The van der Waals surface area contributed by atoms with Gasteiger partial charge in [0.05, 0.1) is 4.92 Å². The average Bonchev–Trinajstić information content (AvgIpc) is 2.37. The van der Waals surface area contributed by atoms with Crippen LogP contribution >= 0.6 is 15.9 Å². The molecule has 0 bridgehead atoms. The van der Waals surface area contributed by atoms with Gasteiger partial charge in [0.25, 0.3) is 5.69 Å². The molecular weight excluding hydrogens is 317 g/mol. The number of anilines is 1. The summed E-state index contributed by atoms with van der Waals surface area (Å²) in [6.45, 7) is 0.244. The molecule has 1 N–H and O–H groups in total. The van der Waals surface area contributed by atoms with Gasteiger partial charge in [0.1, 0.15) is 5.69 Å². The van der Waals surface area contributed by atoms with Gasteiger partial charge in [-0.3, -0.25) is 15.1 Å². The van der Waals surface area contributed by atoms with Crippen LogP contribution in [-0.2, 0) is 6.54 Å². The van der Waals surface area contributed by atoms with Gasteiger partial charge in [-0.25, -0.2) is 4.39 Å². The molecule has 0 atom stereocenters. The minimum Gasteiger partial charge on any atom is -0.373 e. The minimum atomic E-state index is -0.655. The second kappa shape index (κ2) is 5.75. The maximum atomic E-state index is 13.6. The first kappa shape index (κ1) is 13.4. The number of hydrogen-bond donors (Lipinski definition) is 1. The van der Waals surface area contributed by atoms with Crippen molar-refractivity contribution in [3.63, 3.8) is 0 Å². The molecule has 0 aliphatic heterocycles. The van der Waals surface area contributed by atoms with E-state index >= 15 is 0 Å². The quantitative estimate of drug-likeness (QED) is 0.690. The zero-order valence-corrected chi connectivity index (χ0v) is 11.2. The van der Waals surface area contributed by atoms with E-state index in [0.717, 1.165) is 10.0 Å². The molecule has 0 spiro atoms. The van der Waals surface area contributed by atoms with E-state index in [2.05, 4.69) is 26.2 Å². The largest absolute Gasteiger partial charge is 0.373 e. The van der Waals surface area contributed by atoms with Crippen LogP contribution in [0.3, 0.4) is 0 Å². The third-order valence-electron chi connectivity index (χ3n) is 2.42. The van der Waals surface area contributed by atoms with Gasteiger partial charge in [0.15, 0.2) is 5.82 Å². The first-order chi connectivity index (χ1) is 9.08. The number of nitrogens with one attached hydrogen (secondary N) is 1. The van der Waals surface area contributed by atoms with Crippen LogP contribution in [0.4, 0.5) is 15.8 Å². The van der Waals surface area contributed by atoms with E-state index < -0.39 is 10.7 Å². The van der Waals surface area contributed by atoms with E-state index in [9.17, 15) is 14.5 Å². The lowest BCUT2D eigenvalue weighted by Gasteiger charge is -2.08. The third kappa shape index (κ3) is 3.25. The first-order valence-electron chi connectivity index (χ1n) is 5.34. The summed E-state index contributed by atoms with van der Waals surface area (Å²) < 4.78 is 14.4. The molecule has 2 aromatic rings. The Labute approximate surface area is 116 Å². The number of para-hydroxylation sites is 1. The molecule has 1 aromatic carbocycles. The Bertz CT molecular complexity index is 622. The molecular formula is C12H9BrFN3O2. The highest BCUT2D eigenvalue weighted by atomic mass is 79.9. The normalized spacial score (nSPS) is 10.2. The molecule has 98 valence electrons. The maximum Gasteiger partial charge on any atom is 0.295 e. The van der Waals surface area contributed by atoms with Crippen molar-refractivity contribution in [1.29, 1.82) is 0 Å². The molecule has 0 fully saturated rings. The SMILES string of the molecule is O=[N+]([O-])c1cccc(F)c1NCc1cncc(Br)c1. The monoisotopic (exact) mass is 325 g/mol. The average molecular weight is 326 g/mol. The Kier molecular flexibility index (Phi) is 4.06. The number of nitro groups is 1. The number of nitrogens with zero attached hydrogens (tertiary/aromatic N) is 2. The number of pyridine rings is 1. The highest BCUT2D eigenvalue weighted by Gasteiger charge is 2.17. The van der Waals surface area contributed by atoms with E-state index in [0.29, 0.717) is 0 Å². The Hall–Kier alpha value is -2.02. The standard InChI is InChI=1S/C12H9BrFN3O2/c13-9-4-8(5-15-7-9)6-16-12-10(14)2-1-3-11(12)17(18)19/h1-5,7,16H,6H2. The lowest BCUT2D eigenvalue weighted by Crippen LogP contribution is -2.05. The summed E-state index contributed by atoms with van der Waals surface area (Å²) in [6, 6.07) is 5.53. The van der Waals surface area contributed by atoms with Gasteiger partial charge >= 0.3 is 0 Å². The highest BCUT2D eigenvalue weighted by Crippen LogP contribution is 2.27. The van der Waals surface area contributed by atoms with E-state index in [1.807, 2.05) is 0 Å². The van der Waals surface area contributed by atoms with Crippen molar-refractivity contribution in [2.45, 2.75) is 6.54 Å². The molecule has 0 radical (unpaired) electrons. The van der Waals surface area contributed by atoms with Crippen LogP contribution in [0.1, 0.15) is 5.56 Å². The van der Waals surface area contributed by atoms with Crippen molar-refractivity contribution in [3.05, 3.63) is 62.6 Å². The predicted octanol–water partition coefficient (Wildman–Crippen LogP) is 3.50. The van der Waals surface area contributed by atoms with Crippen molar-refractivity contribution < 1.29 is 9.31 Å². The fourth-order valence-corrected chi connectivity index (χ4v) is 2.00. The lowest BCUT2D eigenvalue weighted by atomic mass is 10.2. The molecule has 1 aromatic heterocycles. The zero-order chi connectivity index (χ0) is 13.8. The summed E-state index contributed by atoms with van der Waals surface area (Å²) in [4.78, 5) is 14.2. The van der Waals surface area contributed by atoms with Crippen LogP contribution in [0.2, 0.25) is 0 Å². The van der Waals surface area contributed by atoms with Crippen LogP contribution in [0, 0.1) is 15.9 Å². The van der Waals surface area contributed by atoms with Crippen molar-refractivity contribution in [2.24, 2.45) is 0 Å². The van der Waals surface area contributed by atoms with Crippen LogP contribution in [0.5, 0.6) is 0 Å². The highest BCUT2D eigenvalue weighted by molar-refractivity contribution is 9.10. The molecule has 5 nitrogen and oxygen atoms in total. The van der Waals surface area contributed by atoms with E-state index in [1.54, 1.807) is 18.5 Å². The Morgan fingerprint density at radius 2 is 2.21 bits per heavy atom. The van der Waals surface area contributed by atoms with Crippen molar-refractivity contribution in [1.82, 2.24) is 4.98 Å². The summed E-state index contributed by atoms with van der Waals surface area (Å²) in [5.41, 5.74) is 0.377. The smallest absolute Gasteiger partial charge is 0.295 e. The Morgan fingerprint density at radius 3 is 2.89 bits per heavy atom. The van der Waals surface area contributed by atoms with Crippen LogP contribution in [-0.4, -0.2) is 9.91 Å². The fraction of sp³-hybridized carbons (Fsp3) is 0.0833. The molecule has 0 aliphatic rings. The second-order valence-corrected chi connectivity index (χ2v) is 4.67. The fourth-order valence-electron chi connectivity index (χ4n) is 1.58. The molecule has 0 saturated carbocycles. The molecule has 7 heteroatoms. The minimum absolute atomic E-state index is 0.118. The van der Waals surface area contributed by atoms with Gasteiger partial charge in [-0.2, -0.15) is 0 Å². The van der Waals surface area contributed by atoms with E-state index in [4.69, 9.17) is 0 Å². The van der Waals surface area contributed by atoms with E-state index in [-0.39, 0.29) is 17.9 Å². The molecule has 2 rings (SSSR count). The Balaban J connectivity index is 2.22. The second-order valence-electron chi connectivity index (χ2n) is 3.76. The van der Waals surface area contributed by atoms with Gasteiger partial charge < -0.3 is 5.32 Å². The van der Waals surface area contributed by atoms with Gasteiger partial charge in [0.2, 0.25) is 0 Å². The number of nitro benzene ring substituents is 1. The third-order valence-corrected chi connectivity index (χ3v) is 2.85. The number of benzene rings is 1. The molecule has 0 aliphatic carbocycles. The number of hydrogen-bond acceptors (Lipinski definition) is 4. The van der Waals surface area contributed by atoms with Gasteiger partial charge in [-0.15, -0.1) is 0 Å². The molecule has 19 heavy (non-hydrogen) atoms. The molecule has 0 unspecified atom stereocenters. The summed E-state index contributed by atoms with van der Waals surface area (Å²) >= 11 is 3.27. The van der Waals surface area contributed by atoms with Crippen molar-refractivity contribution in [3.8, 4) is 0 Å². The molecule has 0 saturated heterocycles. The summed E-state index contributed by atoms with van der Waals surface area (Å²) in [7, 11) is 0. The summed E-state index contributed by atoms with van der Waals surface area (Å²) in [5, 5.41) is 13.5.